The second-order valence-corrected chi connectivity index (χ2v) is 5.56. The van der Waals surface area contributed by atoms with E-state index in [4.69, 9.17) is 23.2 Å². The van der Waals surface area contributed by atoms with E-state index in [1.54, 1.807) is 6.07 Å². The molecule has 0 atom stereocenters. The van der Waals surface area contributed by atoms with Gasteiger partial charge in [0.2, 0.25) is 0 Å². The highest BCUT2D eigenvalue weighted by molar-refractivity contribution is 6.37. The lowest BCUT2D eigenvalue weighted by Crippen LogP contribution is -2.01. The molecule has 0 aliphatic rings. The van der Waals surface area contributed by atoms with E-state index in [1.807, 2.05) is 25.1 Å². The van der Waals surface area contributed by atoms with Gasteiger partial charge in [-0.1, -0.05) is 59.6 Å². The van der Waals surface area contributed by atoms with E-state index in [9.17, 15) is 0 Å². The molecular weight excluding hydrogens is 303 g/mol. The van der Waals surface area contributed by atoms with Crippen molar-refractivity contribution in [2.24, 2.45) is 0 Å². The average Bonchev–Trinajstić information content (AvgIpc) is 2.49. The molecule has 0 radical (unpaired) electrons. The van der Waals surface area contributed by atoms with Crippen LogP contribution in [0, 0.1) is 0 Å². The topological polar surface area (TPSA) is 24.9 Å². The number of nitrogens with one attached hydrogen (secondary N) is 1. The molecule has 2 aromatic carbocycles. The van der Waals surface area contributed by atoms with E-state index in [2.05, 4.69) is 34.6 Å². The van der Waals surface area contributed by atoms with Crippen molar-refractivity contribution in [3.8, 4) is 11.3 Å². The lowest BCUT2D eigenvalue weighted by atomic mass is 10.0. The first kappa shape index (κ1) is 14.2. The summed E-state index contributed by atoms with van der Waals surface area (Å²) < 4.78 is 0. The van der Waals surface area contributed by atoms with Gasteiger partial charge >= 0.3 is 0 Å². The van der Waals surface area contributed by atoms with E-state index in [1.165, 1.54) is 5.39 Å². The predicted octanol–water partition coefficient (Wildman–Crippen LogP) is 5.64. The standard InChI is InChI=1S/C17H14Cl2N2/c1-2-20-17-15(19)10-14(18)16(21-17)13-8-7-11-5-3-4-6-12(11)9-13/h3-10H,2H2,1H3,(H,20,21). The zero-order valence-corrected chi connectivity index (χ0v) is 13.0. The molecule has 0 unspecified atom stereocenters. The Morgan fingerprint density at radius 1 is 0.952 bits per heavy atom. The summed E-state index contributed by atoms with van der Waals surface area (Å²) in [5.41, 5.74) is 1.72. The Kier molecular flexibility index (Phi) is 4.00. The van der Waals surface area contributed by atoms with Crippen LogP contribution in [-0.2, 0) is 0 Å². The number of pyridine rings is 1. The van der Waals surface area contributed by atoms with Crippen LogP contribution in [0.25, 0.3) is 22.0 Å². The molecule has 21 heavy (non-hydrogen) atoms. The lowest BCUT2D eigenvalue weighted by molar-refractivity contribution is 1.16. The van der Waals surface area contributed by atoms with Crippen LogP contribution in [0.4, 0.5) is 5.82 Å². The van der Waals surface area contributed by atoms with E-state index in [0.717, 1.165) is 23.2 Å². The summed E-state index contributed by atoms with van der Waals surface area (Å²) in [6, 6.07) is 16.1. The van der Waals surface area contributed by atoms with Crippen molar-refractivity contribution in [2.75, 3.05) is 11.9 Å². The van der Waals surface area contributed by atoms with E-state index < -0.39 is 0 Å². The minimum absolute atomic E-state index is 0.534. The van der Waals surface area contributed by atoms with Crippen LogP contribution in [0.1, 0.15) is 6.92 Å². The summed E-state index contributed by atoms with van der Waals surface area (Å²) in [7, 11) is 0. The van der Waals surface area contributed by atoms with Gasteiger partial charge in [-0.05, 0) is 29.8 Å². The molecule has 0 bridgehead atoms. The summed E-state index contributed by atoms with van der Waals surface area (Å²) >= 11 is 12.5. The molecule has 0 spiro atoms. The van der Waals surface area contributed by atoms with Crippen LogP contribution in [-0.4, -0.2) is 11.5 Å². The summed E-state index contributed by atoms with van der Waals surface area (Å²) in [5, 5.41) is 6.59. The van der Waals surface area contributed by atoms with E-state index in [0.29, 0.717) is 15.9 Å². The highest BCUT2D eigenvalue weighted by atomic mass is 35.5. The second-order valence-electron chi connectivity index (χ2n) is 4.74. The Hall–Kier alpha value is -1.77. The van der Waals surface area contributed by atoms with Crippen LogP contribution in [0.2, 0.25) is 10.0 Å². The minimum atomic E-state index is 0.534. The van der Waals surface area contributed by atoms with Gasteiger partial charge in [0, 0.05) is 12.1 Å². The molecule has 0 saturated carbocycles. The van der Waals surface area contributed by atoms with E-state index >= 15 is 0 Å². The maximum Gasteiger partial charge on any atom is 0.145 e. The molecule has 3 rings (SSSR count). The Balaban J connectivity index is 2.15. The molecule has 0 aliphatic heterocycles. The lowest BCUT2D eigenvalue weighted by Gasteiger charge is -2.10. The van der Waals surface area contributed by atoms with Crippen molar-refractivity contribution in [1.29, 1.82) is 0 Å². The molecule has 0 amide bonds. The highest BCUT2D eigenvalue weighted by Crippen LogP contribution is 2.33. The highest BCUT2D eigenvalue weighted by Gasteiger charge is 2.11. The first-order valence-electron chi connectivity index (χ1n) is 6.78. The minimum Gasteiger partial charge on any atom is -0.369 e. The number of fused-ring (bicyclic) bond motifs is 1. The van der Waals surface area contributed by atoms with Crippen molar-refractivity contribution in [3.05, 3.63) is 58.6 Å². The molecule has 0 aliphatic carbocycles. The first-order chi connectivity index (χ1) is 10.2. The number of rotatable bonds is 3. The quantitative estimate of drug-likeness (QED) is 0.676. The van der Waals surface area contributed by atoms with Crippen LogP contribution in [0.3, 0.4) is 0 Å². The van der Waals surface area contributed by atoms with E-state index in [-0.39, 0.29) is 0 Å². The third-order valence-corrected chi connectivity index (χ3v) is 3.87. The Labute approximate surface area is 133 Å². The molecule has 106 valence electrons. The van der Waals surface area contributed by atoms with Gasteiger partial charge in [0.25, 0.3) is 0 Å². The number of nitrogens with zero attached hydrogens (tertiary/aromatic N) is 1. The fourth-order valence-electron chi connectivity index (χ4n) is 2.30. The molecule has 1 N–H and O–H groups in total. The molecule has 0 fully saturated rings. The van der Waals surface area contributed by atoms with Crippen molar-refractivity contribution >= 4 is 39.8 Å². The summed E-state index contributed by atoms with van der Waals surface area (Å²) in [5.74, 6) is 0.659. The van der Waals surface area contributed by atoms with Crippen molar-refractivity contribution in [3.63, 3.8) is 0 Å². The molecule has 0 saturated heterocycles. The Bertz CT molecular complexity index is 800. The zero-order valence-electron chi connectivity index (χ0n) is 11.5. The Morgan fingerprint density at radius 3 is 2.48 bits per heavy atom. The van der Waals surface area contributed by atoms with Gasteiger partial charge in [-0.15, -0.1) is 0 Å². The van der Waals surface area contributed by atoms with Crippen LogP contribution in [0.15, 0.2) is 48.5 Å². The maximum atomic E-state index is 6.31. The normalized spacial score (nSPS) is 10.8. The SMILES string of the molecule is CCNc1nc(-c2ccc3ccccc3c2)c(Cl)cc1Cl. The monoisotopic (exact) mass is 316 g/mol. The number of aromatic nitrogens is 1. The van der Waals surface area contributed by atoms with Gasteiger partial charge in [-0.25, -0.2) is 4.98 Å². The fraction of sp³-hybridized carbons (Fsp3) is 0.118. The molecular formula is C17H14Cl2N2. The smallest absolute Gasteiger partial charge is 0.145 e. The van der Waals surface area contributed by atoms with Crippen molar-refractivity contribution in [1.82, 2.24) is 4.98 Å². The van der Waals surface area contributed by atoms with Crippen molar-refractivity contribution in [2.45, 2.75) is 6.92 Å². The molecule has 2 nitrogen and oxygen atoms in total. The second kappa shape index (κ2) is 5.92. The summed E-state index contributed by atoms with van der Waals surface area (Å²) in [6.45, 7) is 2.76. The number of hydrogen-bond donors (Lipinski definition) is 1. The Morgan fingerprint density at radius 2 is 1.71 bits per heavy atom. The molecule has 1 heterocycles. The molecule has 3 aromatic rings. The third-order valence-electron chi connectivity index (χ3n) is 3.30. The fourth-order valence-corrected chi connectivity index (χ4v) is 2.83. The van der Waals surface area contributed by atoms with Gasteiger partial charge in [-0.2, -0.15) is 0 Å². The summed E-state index contributed by atoms with van der Waals surface area (Å²) in [6.07, 6.45) is 0. The number of benzene rings is 2. The van der Waals surface area contributed by atoms with Gasteiger partial charge in [-0.3, -0.25) is 0 Å². The van der Waals surface area contributed by atoms with Gasteiger partial charge in [0.05, 0.1) is 15.7 Å². The number of anilines is 1. The van der Waals surface area contributed by atoms with Gasteiger partial charge in [0.15, 0.2) is 0 Å². The largest absolute Gasteiger partial charge is 0.369 e. The van der Waals surface area contributed by atoms with Crippen LogP contribution >= 0.6 is 23.2 Å². The third kappa shape index (κ3) is 2.82. The number of halogens is 2. The molecule has 1 aromatic heterocycles. The first-order valence-corrected chi connectivity index (χ1v) is 7.53. The predicted molar refractivity (Wildman–Crippen MR) is 91.4 cm³/mol. The maximum absolute atomic E-state index is 6.31. The summed E-state index contributed by atoms with van der Waals surface area (Å²) in [4.78, 5) is 4.56. The van der Waals surface area contributed by atoms with Gasteiger partial charge in [0.1, 0.15) is 5.82 Å². The van der Waals surface area contributed by atoms with Crippen LogP contribution < -0.4 is 5.32 Å². The number of hydrogen-bond acceptors (Lipinski definition) is 2. The van der Waals surface area contributed by atoms with Gasteiger partial charge < -0.3 is 5.32 Å². The zero-order chi connectivity index (χ0) is 14.8. The average molecular weight is 317 g/mol. The van der Waals surface area contributed by atoms with Crippen molar-refractivity contribution < 1.29 is 0 Å². The molecule has 4 heteroatoms. The van der Waals surface area contributed by atoms with Crippen LogP contribution in [0.5, 0.6) is 0 Å².